The number of hydrazone groups is 2. The smallest absolute Gasteiger partial charge is 0.365 e. The largest absolute Gasteiger partial charge is 0.461 e. The molecule has 0 saturated heterocycles. The topological polar surface area (TPSA) is 57.5 Å². The van der Waals surface area contributed by atoms with Crippen LogP contribution in [0.1, 0.15) is 18.1 Å². The molecule has 1 unspecified atom stereocenters. The average Bonchev–Trinajstić information content (AvgIpc) is 3.26. The molecule has 2 aliphatic heterocycles. The summed E-state index contributed by atoms with van der Waals surface area (Å²) in [4.78, 5) is 11.8. The van der Waals surface area contributed by atoms with Crippen molar-refractivity contribution in [2.45, 2.75) is 18.8 Å². The Morgan fingerprint density at radius 3 is 2.29 bits per heavy atom. The maximum atomic E-state index is 12.8. The Morgan fingerprint density at radius 1 is 0.943 bits per heavy atom. The van der Waals surface area contributed by atoms with Gasteiger partial charge in [0, 0.05) is 10.0 Å². The number of carbonyl (C=O) groups excluding carboxylic acids is 1. The molecular weight excluding hydrogens is 524 g/mol. The van der Waals surface area contributed by atoms with Gasteiger partial charge >= 0.3 is 5.97 Å². The van der Waals surface area contributed by atoms with Gasteiger partial charge in [0.2, 0.25) is 10.0 Å². The molecule has 0 saturated carbocycles. The van der Waals surface area contributed by atoms with Gasteiger partial charge in [-0.15, -0.1) is 0 Å². The number of para-hydroxylation sites is 1. The predicted octanol–water partition coefficient (Wildman–Crippen LogP) is 6.32. The van der Waals surface area contributed by atoms with E-state index in [1.165, 1.54) is 11.8 Å². The van der Waals surface area contributed by atoms with Crippen molar-refractivity contribution in [2.24, 2.45) is 10.2 Å². The second kappa shape index (κ2) is 9.71. The van der Waals surface area contributed by atoms with Crippen molar-refractivity contribution in [3.8, 4) is 0 Å². The van der Waals surface area contributed by atoms with Crippen LogP contribution < -0.4 is 10.0 Å². The van der Waals surface area contributed by atoms with Gasteiger partial charge in [0.25, 0.3) is 0 Å². The number of aryl methyl sites for hydroxylation is 1. The molecule has 5 rings (SSSR count). The van der Waals surface area contributed by atoms with Crippen LogP contribution in [0, 0.1) is 6.92 Å². The normalized spacial score (nSPS) is 19.1. The summed E-state index contributed by atoms with van der Waals surface area (Å²) in [5, 5.41) is 13.9. The average molecular weight is 547 g/mol. The van der Waals surface area contributed by atoms with Gasteiger partial charge in [-0.1, -0.05) is 64.0 Å². The van der Waals surface area contributed by atoms with Crippen LogP contribution in [0.3, 0.4) is 0 Å². The SMILES string of the molecule is CCOC(=O)C1=NN(c2ccc(C)cc2)C2(C=CC(c3ccc(Br)cc3)=NN2c2ccccc2)S1. The van der Waals surface area contributed by atoms with Gasteiger partial charge in [0.1, 0.15) is 0 Å². The fourth-order valence-electron chi connectivity index (χ4n) is 3.87. The number of allylic oxidation sites excluding steroid dienone is 1. The minimum absolute atomic E-state index is 0.278. The van der Waals surface area contributed by atoms with Crippen molar-refractivity contribution in [2.75, 3.05) is 16.6 Å². The summed E-state index contributed by atoms with van der Waals surface area (Å²) in [6.45, 7) is 4.11. The van der Waals surface area contributed by atoms with E-state index in [0.29, 0.717) is 0 Å². The number of esters is 1. The van der Waals surface area contributed by atoms with E-state index in [4.69, 9.17) is 14.9 Å². The highest BCUT2D eigenvalue weighted by Crippen LogP contribution is 2.48. The zero-order valence-corrected chi connectivity index (χ0v) is 21.7. The van der Waals surface area contributed by atoms with Crippen LogP contribution in [-0.4, -0.2) is 28.3 Å². The standard InChI is InChI=1S/C27H23BrN4O2S/c1-3-34-26(33)25-30-32(23-15-9-19(2)10-16-23)27(35-25)18-17-24(20-11-13-21(28)14-12-20)29-31(27)22-7-5-4-6-8-22/h4-18H,3H2,1-2H3. The predicted molar refractivity (Wildman–Crippen MR) is 147 cm³/mol. The zero-order chi connectivity index (χ0) is 24.4. The lowest BCUT2D eigenvalue weighted by atomic mass is 10.1. The Hall–Kier alpha value is -3.36. The van der Waals surface area contributed by atoms with Crippen molar-refractivity contribution >= 4 is 55.8 Å². The second-order valence-corrected chi connectivity index (χ2v) is 10.1. The first-order valence-electron chi connectivity index (χ1n) is 11.2. The molecule has 35 heavy (non-hydrogen) atoms. The molecule has 3 aromatic carbocycles. The van der Waals surface area contributed by atoms with E-state index in [9.17, 15) is 4.79 Å². The molecule has 1 atom stereocenters. The Kier molecular flexibility index (Phi) is 6.49. The first-order valence-corrected chi connectivity index (χ1v) is 12.8. The number of rotatable bonds is 5. The number of nitrogens with zero attached hydrogens (tertiary/aromatic N) is 4. The Balaban J connectivity index is 1.65. The van der Waals surface area contributed by atoms with E-state index in [2.05, 4.69) is 15.9 Å². The van der Waals surface area contributed by atoms with Crippen molar-refractivity contribution in [1.82, 2.24) is 0 Å². The van der Waals surface area contributed by atoms with Crippen molar-refractivity contribution in [3.63, 3.8) is 0 Å². The zero-order valence-electron chi connectivity index (χ0n) is 19.3. The molecule has 6 nitrogen and oxygen atoms in total. The summed E-state index contributed by atoms with van der Waals surface area (Å²) in [6, 6.07) is 26.0. The van der Waals surface area contributed by atoms with Gasteiger partial charge in [-0.3, -0.25) is 0 Å². The molecule has 176 valence electrons. The summed E-state index contributed by atoms with van der Waals surface area (Å²) in [6.07, 6.45) is 4.03. The van der Waals surface area contributed by atoms with Gasteiger partial charge in [-0.05, 0) is 74.2 Å². The number of hydrogen-bond donors (Lipinski definition) is 0. The van der Waals surface area contributed by atoms with Crippen LogP contribution in [0.4, 0.5) is 11.4 Å². The first-order chi connectivity index (χ1) is 17.0. The molecular formula is C27H23BrN4O2S. The summed E-state index contributed by atoms with van der Waals surface area (Å²) < 4.78 is 6.31. The molecule has 0 aromatic heterocycles. The molecule has 0 fully saturated rings. The third kappa shape index (κ3) is 4.51. The van der Waals surface area contributed by atoms with Crippen LogP contribution in [0.2, 0.25) is 0 Å². The molecule has 1 spiro atoms. The van der Waals surface area contributed by atoms with Gasteiger partial charge in [-0.25, -0.2) is 14.8 Å². The number of benzene rings is 3. The number of carbonyl (C=O) groups is 1. The number of halogens is 1. The number of ether oxygens (including phenoxy) is 1. The molecule has 2 heterocycles. The van der Waals surface area contributed by atoms with Crippen LogP contribution in [0.25, 0.3) is 0 Å². The molecule has 0 radical (unpaired) electrons. The molecule has 8 heteroatoms. The van der Waals surface area contributed by atoms with Crippen LogP contribution in [-0.2, 0) is 9.53 Å². The lowest BCUT2D eigenvalue weighted by Crippen LogP contribution is -2.53. The van der Waals surface area contributed by atoms with Crippen molar-refractivity contribution in [3.05, 3.63) is 107 Å². The third-order valence-electron chi connectivity index (χ3n) is 5.58. The Bertz CT molecular complexity index is 1320. The molecule has 0 N–H and O–H groups in total. The van der Waals surface area contributed by atoms with Crippen LogP contribution in [0.15, 0.2) is 106 Å². The third-order valence-corrected chi connectivity index (χ3v) is 7.33. The first kappa shape index (κ1) is 23.4. The summed E-state index contributed by atoms with van der Waals surface area (Å²) in [5.41, 5.74) is 4.64. The van der Waals surface area contributed by atoms with Crippen molar-refractivity contribution < 1.29 is 9.53 Å². The van der Waals surface area contributed by atoms with Crippen molar-refractivity contribution in [1.29, 1.82) is 0 Å². The highest BCUT2D eigenvalue weighted by molar-refractivity contribution is 9.10. The highest BCUT2D eigenvalue weighted by Gasteiger charge is 2.51. The molecule has 3 aromatic rings. The maximum absolute atomic E-state index is 12.8. The number of thioether (sulfide) groups is 1. The minimum Gasteiger partial charge on any atom is -0.461 e. The fraction of sp³-hybridized carbons (Fsp3) is 0.148. The van der Waals surface area contributed by atoms with Gasteiger partial charge in [0.05, 0.1) is 23.7 Å². The summed E-state index contributed by atoms with van der Waals surface area (Å²) in [7, 11) is 0. The van der Waals surface area contributed by atoms with Gasteiger partial charge < -0.3 is 4.74 Å². The lowest BCUT2D eigenvalue weighted by molar-refractivity contribution is -0.134. The number of hydrogen-bond acceptors (Lipinski definition) is 7. The van der Waals surface area contributed by atoms with E-state index < -0.39 is 11.0 Å². The van der Waals surface area contributed by atoms with E-state index in [1.54, 1.807) is 6.92 Å². The van der Waals surface area contributed by atoms with Crippen LogP contribution in [0.5, 0.6) is 0 Å². The molecule has 0 bridgehead atoms. The van der Waals surface area contributed by atoms with Gasteiger partial charge in [-0.2, -0.15) is 10.2 Å². The quantitative estimate of drug-likeness (QED) is 0.350. The number of anilines is 2. The van der Waals surface area contributed by atoms with E-state index in [0.717, 1.165) is 32.7 Å². The Labute approximate surface area is 217 Å². The molecule has 0 aliphatic carbocycles. The summed E-state index contributed by atoms with van der Waals surface area (Å²) >= 11 is 4.82. The van der Waals surface area contributed by atoms with E-state index in [-0.39, 0.29) is 11.7 Å². The highest BCUT2D eigenvalue weighted by atomic mass is 79.9. The maximum Gasteiger partial charge on any atom is 0.365 e. The molecule has 2 aliphatic rings. The van der Waals surface area contributed by atoms with E-state index in [1.807, 2.05) is 108 Å². The second-order valence-electron chi connectivity index (χ2n) is 8.01. The van der Waals surface area contributed by atoms with Crippen LogP contribution >= 0.6 is 27.7 Å². The molecule has 0 amide bonds. The van der Waals surface area contributed by atoms with E-state index >= 15 is 0 Å². The lowest BCUT2D eigenvalue weighted by Gasteiger charge is -2.43. The fourth-order valence-corrected chi connectivity index (χ4v) is 5.28. The monoisotopic (exact) mass is 546 g/mol. The summed E-state index contributed by atoms with van der Waals surface area (Å²) in [5.74, 6) is -0.449. The van der Waals surface area contributed by atoms with Gasteiger partial charge in [0.15, 0.2) is 0 Å². The Morgan fingerprint density at radius 2 is 1.60 bits per heavy atom. The minimum atomic E-state index is -0.933.